The van der Waals surface area contributed by atoms with Crippen molar-refractivity contribution in [2.45, 2.75) is 26.8 Å². The van der Waals surface area contributed by atoms with Crippen LogP contribution in [-0.4, -0.2) is 26.1 Å². The number of nitrogens with one attached hydrogen (secondary N) is 3. The summed E-state index contributed by atoms with van der Waals surface area (Å²) in [5, 5.41) is 9.78. The van der Waals surface area contributed by atoms with Gasteiger partial charge in [-0.25, -0.2) is 4.98 Å². The maximum absolute atomic E-state index is 12.0. The predicted molar refractivity (Wildman–Crippen MR) is 68.8 cm³/mol. The minimum absolute atomic E-state index is 0.172. The van der Waals surface area contributed by atoms with Crippen LogP contribution in [0.25, 0.3) is 0 Å². The largest absolute Gasteiger partial charge is 0.344 e. The number of H-pyrrole nitrogens is 2. The maximum atomic E-state index is 12.0. The van der Waals surface area contributed by atoms with Crippen molar-refractivity contribution in [3.63, 3.8) is 0 Å². The summed E-state index contributed by atoms with van der Waals surface area (Å²) in [4.78, 5) is 29.0. The van der Waals surface area contributed by atoms with Gasteiger partial charge in [-0.15, -0.1) is 0 Å². The van der Waals surface area contributed by atoms with Crippen LogP contribution in [0, 0.1) is 13.8 Å². The summed E-state index contributed by atoms with van der Waals surface area (Å²) >= 11 is 0. The Balaban J connectivity index is 2.15. The fourth-order valence-electron chi connectivity index (χ4n) is 2.01. The SMILES string of the molecule is Cc1n[nH]c(C)c1[C@H](C)NC(=O)c1c[nH]c(=O)cn1. The molecule has 0 aromatic carbocycles. The van der Waals surface area contributed by atoms with Crippen molar-refractivity contribution >= 4 is 5.91 Å². The monoisotopic (exact) mass is 261 g/mol. The Kier molecular flexibility index (Phi) is 3.46. The summed E-state index contributed by atoms with van der Waals surface area (Å²) < 4.78 is 0. The molecule has 1 atom stereocenters. The molecule has 2 heterocycles. The van der Waals surface area contributed by atoms with Crippen LogP contribution >= 0.6 is 0 Å². The zero-order valence-electron chi connectivity index (χ0n) is 10.9. The Morgan fingerprint density at radius 1 is 1.42 bits per heavy atom. The van der Waals surface area contributed by atoms with E-state index in [-0.39, 0.29) is 23.2 Å². The van der Waals surface area contributed by atoms with Gasteiger partial charge in [0.2, 0.25) is 0 Å². The number of hydrogen-bond acceptors (Lipinski definition) is 4. The van der Waals surface area contributed by atoms with Gasteiger partial charge < -0.3 is 10.3 Å². The molecule has 1 amide bonds. The molecule has 19 heavy (non-hydrogen) atoms. The van der Waals surface area contributed by atoms with Crippen LogP contribution in [0.3, 0.4) is 0 Å². The molecule has 2 aromatic rings. The van der Waals surface area contributed by atoms with E-state index in [9.17, 15) is 9.59 Å². The third kappa shape index (κ3) is 2.70. The minimum atomic E-state index is -0.344. The van der Waals surface area contributed by atoms with Gasteiger partial charge in [-0.05, 0) is 20.8 Å². The number of aromatic amines is 2. The van der Waals surface area contributed by atoms with E-state index in [1.54, 1.807) is 0 Å². The van der Waals surface area contributed by atoms with Crippen molar-refractivity contribution in [3.8, 4) is 0 Å². The van der Waals surface area contributed by atoms with Gasteiger partial charge >= 0.3 is 0 Å². The second kappa shape index (κ2) is 5.05. The molecular formula is C12H15N5O2. The highest BCUT2D eigenvalue weighted by atomic mass is 16.2. The van der Waals surface area contributed by atoms with E-state index in [4.69, 9.17) is 0 Å². The van der Waals surface area contributed by atoms with Crippen molar-refractivity contribution in [2.75, 3.05) is 0 Å². The Hall–Kier alpha value is -2.44. The molecular weight excluding hydrogens is 246 g/mol. The van der Waals surface area contributed by atoms with E-state index in [0.717, 1.165) is 23.1 Å². The molecule has 0 unspecified atom stereocenters. The molecule has 7 heteroatoms. The standard InChI is InChI=1S/C12H15N5O2/c1-6(11-7(2)16-17-8(11)3)15-12(19)9-4-14-10(18)5-13-9/h4-6H,1-3H3,(H,14,18)(H,15,19)(H,16,17)/t6-/m0/s1. The van der Waals surface area contributed by atoms with Gasteiger partial charge in [0, 0.05) is 17.5 Å². The minimum Gasteiger partial charge on any atom is -0.344 e. The lowest BCUT2D eigenvalue weighted by molar-refractivity contribution is 0.0934. The fourth-order valence-corrected chi connectivity index (χ4v) is 2.01. The second-order valence-electron chi connectivity index (χ2n) is 4.34. The Labute approximate surface area is 109 Å². The number of amides is 1. The van der Waals surface area contributed by atoms with Gasteiger partial charge in [-0.1, -0.05) is 0 Å². The van der Waals surface area contributed by atoms with E-state index in [1.807, 2.05) is 20.8 Å². The molecule has 0 aliphatic carbocycles. The Morgan fingerprint density at radius 3 is 2.68 bits per heavy atom. The molecule has 0 aliphatic rings. The first-order chi connectivity index (χ1) is 8.99. The lowest BCUT2D eigenvalue weighted by Gasteiger charge is -2.14. The summed E-state index contributed by atoms with van der Waals surface area (Å²) in [5.41, 5.74) is 2.55. The summed E-state index contributed by atoms with van der Waals surface area (Å²) in [6.45, 7) is 5.64. The van der Waals surface area contributed by atoms with Gasteiger partial charge in [0.05, 0.1) is 17.9 Å². The molecule has 2 aromatic heterocycles. The van der Waals surface area contributed by atoms with Crippen LogP contribution in [0.2, 0.25) is 0 Å². The van der Waals surface area contributed by atoms with Crippen molar-refractivity contribution in [1.82, 2.24) is 25.5 Å². The molecule has 0 saturated heterocycles. The zero-order valence-corrected chi connectivity index (χ0v) is 10.9. The van der Waals surface area contributed by atoms with Crippen molar-refractivity contribution in [1.29, 1.82) is 0 Å². The lowest BCUT2D eigenvalue weighted by atomic mass is 10.1. The second-order valence-corrected chi connectivity index (χ2v) is 4.34. The van der Waals surface area contributed by atoms with Gasteiger partial charge in [0.25, 0.3) is 11.5 Å². The molecule has 0 bridgehead atoms. The molecule has 7 nitrogen and oxygen atoms in total. The normalized spacial score (nSPS) is 12.2. The number of nitrogens with zero attached hydrogens (tertiary/aromatic N) is 2. The molecule has 0 radical (unpaired) electrons. The zero-order chi connectivity index (χ0) is 14.0. The van der Waals surface area contributed by atoms with Crippen molar-refractivity contribution in [3.05, 3.63) is 45.4 Å². The average Bonchev–Trinajstić information content (AvgIpc) is 2.69. The number of carbonyl (C=O) groups excluding carboxylic acids is 1. The smallest absolute Gasteiger partial charge is 0.271 e. The van der Waals surface area contributed by atoms with Crippen LogP contribution in [0.4, 0.5) is 0 Å². The molecule has 3 N–H and O–H groups in total. The Bertz CT molecular complexity index is 618. The van der Waals surface area contributed by atoms with Crippen LogP contribution < -0.4 is 10.9 Å². The van der Waals surface area contributed by atoms with Crippen molar-refractivity contribution in [2.24, 2.45) is 0 Å². The number of aryl methyl sites for hydroxylation is 2. The van der Waals surface area contributed by atoms with E-state index < -0.39 is 0 Å². The number of hydrogen-bond donors (Lipinski definition) is 3. The topological polar surface area (TPSA) is 104 Å². The van der Waals surface area contributed by atoms with Gasteiger partial charge in [-0.2, -0.15) is 5.10 Å². The predicted octanol–water partition coefficient (Wildman–Crippen LogP) is 0.601. The molecule has 2 rings (SSSR count). The van der Waals surface area contributed by atoms with Gasteiger partial charge in [0.15, 0.2) is 0 Å². The molecule has 0 fully saturated rings. The first kappa shape index (κ1) is 13.0. The van der Waals surface area contributed by atoms with Crippen molar-refractivity contribution < 1.29 is 4.79 Å². The number of carbonyl (C=O) groups is 1. The third-order valence-electron chi connectivity index (χ3n) is 2.87. The molecule has 0 aliphatic heterocycles. The van der Waals surface area contributed by atoms with Crippen LogP contribution in [-0.2, 0) is 0 Å². The van der Waals surface area contributed by atoms with Crippen LogP contribution in [0.15, 0.2) is 17.2 Å². The number of rotatable bonds is 3. The van der Waals surface area contributed by atoms with E-state index in [1.165, 1.54) is 6.20 Å². The summed E-state index contributed by atoms with van der Waals surface area (Å²) in [7, 11) is 0. The summed E-state index contributed by atoms with van der Waals surface area (Å²) in [6, 6.07) is -0.194. The summed E-state index contributed by atoms with van der Waals surface area (Å²) in [5.74, 6) is -0.344. The highest BCUT2D eigenvalue weighted by molar-refractivity contribution is 5.92. The molecule has 0 spiro atoms. The van der Waals surface area contributed by atoms with E-state index >= 15 is 0 Å². The highest BCUT2D eigenvalue weighted by Crippen LogP contribution is 2.18. The van der Waals surface area contributed by atoms with Crippen LogP contribution in [0.5, 0.6) is 0 Å². The van der Waals surface area contributed by atoms with Crippen LogP contribution in [0.1, 0.15) is 40.4 Å². The average molecular weight is 261 g/mol. The first-order valence-corrected chi connectivity index (χ1v) is 5.86. The van der Waals surface area contributed by atoms with Gasteiger partial charge in [0.1, 0.15) is 5.69 Å². The lowest BCUT2D eigenvalue weighted by Crippen LogP contribution is -2.28. The number of aromatic nitrogens is 4. The van der Waals surface area contributed by atoms with E-state index in [2.05, 4.69) is 25.5 Å². The molecule has 100 valence electrons. The fraction of sp³-hybridized carbons (Fsp3) is 0.333. The van der Waals surface area contributed by atoms with E-state index in [0.29, 0.717) is 0 Å². The summed E-state index contributed by atoms with van der Waals surface area (Å²) in [6.07, 6.45) is 2.37. The first-order valence-electron chi connectivity index (χ1n) is 5.86. The Morgan fingerprint density at radius 2 is 2.16 bits per heavy atom. The maximum Gasteiger partial charge on any atom is 0.271 e. The third-order valence-corrected chi connectivity index (χ3v) is 2.87. The molecule has 0 saturated carbocycles. The highest BCUT2D eigenvalue weighted by Gasteiger charge is 2.17. The quantitative estimate of drug-likeness (QED) is 0.752. The van der Waals surface area contributed by atoms with Gasteiger partial charge in [-0.3, -0.25) is 14.7 Å².